The summed E-state index contributed by atoms with van der Waals surface area (Å²) in [7, 11) is -1.42. The van der Waals surface area contributed by atoms with Crippen molar-refractivity contribution >= 4 is 26.4 Å². The highest BCUT2D eigenvalue weighted by atomic mass is 32.1. The average Bonchev–Trinajstić information content (AvgIpc) is 3.85. The minimum atomic E-state index is -0.708. The third-order valence-electron chi connectivity index (χ3n) is 9.89. The van der Waals surface area contributed by atoms with Gasteiger partial charge in [-0.05, 0) is 121 Å². The van der Waals surface area contributed by atoms with Gasteiger partial charge < -0.3 is 0 Å². The molecule has 0 spiro atoms. The summed E-state index contributed by atoms with van der Waals surface area (Å²) in [6, 6.07) is 40.4. The molecule has 0 bridgehead atoms. The Morgan fingerprint density at radius 2 is 0.787 bits per heavy atom. The summed E-state index contributed by atoms with van der Waals surface area (Å²) < 4.78 is 0. The summed E-state index contributed by atoms with van der Waals surface area (Å²) >= 11 is 2.05. The van der Waals surface area contributed by atoms with E-state index < -0.39 is 15.1 Å². The number of fused-ring (bicyclic) bond motifs is 2. The van der Waals surface area contributed by atoms with E-state index in [1.54, 1.807) is 32.8 Å². The van der Waals surface area contributed by atoms with E-state index in [4.69, 9.17) is 9.97 Å². The van der Waals surface area contributed by atoms with E-state index in [2.05, 4.69) is 108 Å². The van der Waals surface area contributed by atoms with Gasteiger partial charge >= 0.3 is 0 Å². The number of thiophene rings is 1. The van der Waals surface area contributed by atoms with Crippen molar-refractivity contribution in [2.75, 3.05) is 0 Å². The molecule has 7 aromatic rings. The van der Waals surface area contributed by atoms with Crippen molar-refractivity contribution in [2.45, 2.75) is 51.4 Å². The van der Waals surface area contributed by atoms with Crippen molar-refractivity contribution in [3.05, 3.63) is 144 Å². The highest BCUT2D eigenvalue weighted by Gasteiger charge is 2.32. The van der Waals surface area contributed by atoms with E-state index in [1.807, 2.05) is 24.5 Å². The van der Waals surface area contributed by atoms with Crippen molar-refractivity contribution in [1.82, 2.24) is 9.97 Å². The Morgan fingerprint density at radius 3 is 1.17 bits per heavy atom. The summed E-state index contributed by atoms with van der Waals surface area (Å²) in [5.74, 6) is 0. The summed E-state index contributed by atoms with van der Waals surface area (Å²) in [5.41, 5.74) is 8.71. The maximum absolute atomic E-state index is 4.97. The minimum Gasteiger partial charge on any atom is -0.256 e. The first-order chi connectivity index (χ1) is 23.4. The molecule has 0 saturated heterocycles. The first-order valence-corrected chi connectivity index (χ1v) is 20.4. The topological polar surface area (TPSA) is 25.8 Å². The van der Waals surface area contributed by atoms with E-state index in [0.29, 0.717) is 0 Å². The van der Waals surface area contributed by atoms with Crippen LogP contribution in [0.4, 0.5) is 0 Å². The number of benzene rings is 2. The van der Waals surface area contributed by atoms with Crippen LogP contribution in [0.15, 0.2) is 122 Å². The second-order valence-corrected chi connectivity index (χ2v) is 17.9. The maximum atomic E-state index is 4.97. The van der Waals surface area contributed by atoms with Crippen LogP contribution in [0.2, 0.25) is 0 Å². The van der Waals surface area contributed by atoms with Crippen molar-refractivity contribution in [1.29, 1.82) is 0 Å². The second-order valence-electron chi connectivity index (χ2n) is 12.7. The highest BCUT2D eigenvalue weighted by molar-refractivity contribution is 7.65. The molecule has 2 unspecified atom stereocenters. The molecular formula is C42H36N2P2S. The zero-order chi connectivity index (χ0) is 31.2. The third kappa shape index (κ3) is 5.08. The Balaban J connectivity index is 1.31. The fourth-order valence-electron chi connectivity index (χ4n) is 7.94. The Hall–Kier alpha value is -4.00. The van der Waals surface area contributed by atoms with Gasteiger partial charge in [0.05, 0.1) is 11.4 Å². The minimum absolute atomic E-state index is 0.708. The van der Waals surface area contributed by atoms with Crippen molar-refractivity contribution < 1.29 is 0 Å². The summed E-state index contributed by atoms with van der Waals surface area (Å²) in [4.78, 5) is 12.8. The molecule has 5 aromatic heterocycles. The lowest BCUT2D eigenvalue weighted by Gasteiger charge is -2.15. The maximum Gasteiger partial charge on any atom is 0.0747 e. The van der Waals surface area contributed by atoms with Gasteiger partial charge in [0.2, 0.25) is 0 Å². The lowest BCUT2D eigenvalue weighted by Crippen LogP contribution is -2.01. The number of nitrogens with zero attached hydrogens (tertiary/aromatic N) is 2. The third-order valence-corrected chi connectivity index (χ3v) is 16.8. The largest absolute Gasteiger partial charge is 0.256 e. The molecule has 0 radical (unpaired) electrons. The highest BCUT2D eigenvalue weighted by Crippen LogP contribution is 2.66. The van der Waals surface area contributed by atoms with Gasteiger partial charge in [-0.15, -0.1) is 11.3 Å². The van der Waals surface area contributed by atoms with E-state index >= 15 is 0 Å². The first-order valence-electron chi connectivity index (χ1n) is 16.9. The average molecular weight is 663 g/mol. The predicted molar refractivity (Wildman–Crippen MR) is 203 cm³/mol. The molecule has 2 aliphatic carbocycles. The summed E-state index contributed by atoms with van der Waals surface area (Å²) in [6.45, 7) is 0. The van der Waals surface area contributed by atoms with Gasteiger partial charge in [0, 0.05) is 43.3 Å². The van der Waals surface area contributed by atoms with Crippen molar-refractivity contribution in [2.24, 2.45) is 0 Å². The predicted octanol–water partition coefficient (Wildman–Crippen LogP) is 12.9. The quantitative estimate of drug-likeness (QED) is 0.177. The molecular weight excluding hydrogens is 626 g/mol. The molecule has 47 heavy (non-hydrogen) atoms. The van der Waals surface area contributed by atoms with Crippen LogP contribution >= 0.6 is 26.4 Å². The zero-order valence-corrected chi connectivity index (χ0v) is 29.0. The smallest absolute Gasteiger partial charge is 0.0747 e. The van der Waals surface area contributed by atoms with Gasteiger partial charge in [-0.25, -0.2) is 0 Å². The first kappa shape index (κ1) is 29.2. The van der Waals surface area contributed by atoms with Crippen LogP contribution in [0.25, 0.3) is 52.9 Å². The SMILES string of the molecule is c1ccc(-p2c(-c3ccccn3)c3c(c2-c2ccc(-c4c5c(c(-c6ccccn6)p4-c4ccccc4)CCCC5)s2)CCCC3)cc1. The molecule has 230 valence electrons. The van der Waals surface area contributed by atoms with Crippen LogP contribution in [0.1, 0.15) is 47.9 Å². The number of hydrogen-bond acceptors (Lipinski definition) is 3. The molecule has 0 N–H and O–H groups in total. The van der Waals surface area contributed by atoms with Crippen LogP contribution < -0.4 is 0 Å². The summed E-state index contributed by atoms with van der Waals surface area (Å²) in [5, 5.41) is 9.04. The summed E-state index contributed by atoms with van der Waals surface area (Å²) in [6.07, 6.45) is 13.6. The zero-order valence-electron chi connectivity index (χ0n) is 26.4. The standard InChI is InChI=1S/C42H36N2P2S/c1-3-15-29(16-4-1)45-39(35-23-11-13-27-43-35)31-19-7-9-21-33(31)41(45)37-25-26-38(47-37)42-34-22-10-8-20-32(34)40(36-24-12-14-28-44-36)46(42)30-17-5-2-6-18-30/h1-6,11-18,23-28H,7-10,19-22H2. The van der Waals surface area contributed by atoms with Crippen molar-refractivity contribution in [3.8, 4) is 52.9 Å². The number of aromatic nitrogens is 2. The molecule has 0 fully saturated rings. The van der Waals surface area contributed by atoms with Gasteiger partial charge in [0.25, 0.3) is 0 Å². The molecule has 0 saturated carbocycles. The fourth-order valence-corrected chi connectivity index (χ4v) is 15.5. The van der Waals surface area contributed by atoms with Crippen LogP contribution in [0.5, 0.6) is 0 Å². The Kier molecular flexibility index (Phi) is 7.79. The monoisotopic (exact) mass is 662 g/mol. The molecule has 5 heterocycles. The second kappa shape index (κ2) is 12.6. The van der Waals surface area contributed by atoms with E-state index in [9.17, 15) is 0 Å². The van der Waals surface area contributed by atoms with Crippen LogP contribution in [0, 0.1) is 0 Å². The van der Waals surface area contributed by atoms with Gasteiger partial charge in [-0.2, -0.15) is 0 Å². The van der Waals surface area contributed by atoms with Crippen molar-refractivity contribution in [3.63, 3.8) is 0 Å². The Labute approximate surface area is 283 Å². The fraction of sp³-hybridized carbons (Fsp3) is 0.190. The van der Waals surface area contributed by atoms with E-state index in [-0.39, 0.29) is 0 Å². The molecule has 9 rings (SSSR count). The van der Waals surface area contributed by atoms with Gasteiger partial charge in [0.1, 0.15) is 0 Å². The molecule has 2 aromatic carbocycles. The van der Waals surface area contributed by atoms with Gasteiger partial charge in [-0.3, -0.25) is 9.97 Å². The molecule has 2 nitrogen and oxygen atoms in total. The Morgan fingerprint density at radius 1 is 0.404 bits per heavy atom. The van der Waals surface area contributed by atoms with Gasteiger partial charge in [0.15, 0.2) is 0 Å². The number of hydrogen-bond donors (Lipinski definition) is 0. The molecule has 0 aliphatic heterocycles. The van der Waals surface area contributed by atoms with Crippen LogP contribution in [-0.4, -0.2) is 9.97 Å². The number of pyridine rings is 2. The molecule has 5 heteroatoms. The van der Waals surface area contributed by atoms with E-state index in [1.165, 1.54) is 69.5 Å². The molecule has 2 aliphatic rings. The lowest BCUT2D eigenvalue weighted by molar-refractivity contribution is 0.692. The normalized spacial score (nSPS) is 14.9. The molecule has 2 atom stereocenters. The van der Waals surface area contributed by atoms with Crippen LogP contribution in [-0.2, 0) is 25.7 Å². The van der Waals surface area contributed by atoms with Crippen LogP contribution in [0.3, 0.4) is 0 Å². The van der Waals surface area contributed by atoms with Gasteiger partial charge in [-0.1, -0.05) is 87.9 Å². The van der Waals surface area contributed by atoms with E-state index in [0.717, 1.165) is 24.2 Å². The molecule has 0 amide bonds. The lowest BCUT2D eigenvalue weighted by atomic mass is 9.91. The number of rotatable bonds is 6. The Bertz CT molecular complexity index is 2020.